The first-order valence-corrected chi connectivity index (χ1v) is 12.4. The van der Waals surface area contributed by atoms with E-state index in [1.165, 1.54) is 19.3 Å². The van der Waals surface area contributed by atoms with E-state index in [-0.39, 0.29) is 11.9 Å². The molecule has 31 heavy (non-hydrogen) atoms. The number of carbonyl (C=O) groups is 1. The molecule has 0 spiro atoms. The predicted molar refractivity (Wildman–Crippen MR) is 127 cm³/mol. The van der Waals surface area contributed by atoms with E-state index < -0.39 is 0 Å². The van der Waals surface area contributed by atoms with Gasteiger partial charge in [0.1, 0.15) is 13.2 Å². The standard InChI is InChI=1S/C25H37NO4S/c1-3-5-6-7-8-9-24(27)26-21(16-18-14-20(15-18)28-4-2)25(31)19-10-11-22-23(17-19)30-13-12-29-22/h10-11,17-18,20-21H,3-9,12-16H2,1-2H3,(H,26,27)/t18?,20?,21-/m1/s1. The van der Waals surface area contributed by atoms with Gasteiger partial charge in [0.2, 0.25) is 5.91 Å². The van der Waals surface area contributed by atoms with Gasteiger partial charge in [0, 0.05) is 17.9 Å². The fraction of sp³-hybridized carbons (Fsp3) is 0.680. The summed E-state index contributed by atoms with van der Waals surface area (Å²) >= 11 is 5.86. The van der Waals surface area contributed by atoms with Gasteiger partial charge in [-0.2, -0.15) is 0 Å². The largest absolute Gasteiger partial charge is 0.486 e. The van der Waals surface area contributed by atoms with E-state index in [1.54, 1.807) is 0 Å². The summed E-state index contributed by atoms with van der Waals surface area (Å²) in [6, 6.07) is 5.69. The van der Waals surface area contributed by atoms with Crippen LogP contribution in [0.2, 0.25) is 0 Å². The van der Waals surface area contributed by atoms with E-state index in [0.29, 0.717) is 31.7 Å². The first-order chi connectivity index (χ1) is 15.1. The molecule has 1 amide bonds. The normalized spacial score (nSPS) is 20.6. The number of thiocarbonyl (C=S) groups is 1. The van der Waals surface area contributed by atoms with Crippen LogP contribution in [-0.2, 0) is 9.53 Å². The van der Waals surface area contributed by atoms with Crippen molar-refractivity contribution in [3.63, 3.8) is 0 Å². The number of carbonyl (C=O) groups excluding carboxylic acids is 1. The first-order valence-electron chi connectivity index (χ1n) is 12.0. The molecule has 172 valence electrons. The minimum atomic E-state index is -0.145. The first kappa shape index (κ1) is 24.0. The Morgan fingerprint density at radius 2 is 1.87 bits per heavy atom. The Morgan fingerprint density at radius 1 is 1.13 bits per heavy atom. The van der Waals surface area contributed by atoms with Crippen molar-refractivity contribution < 1.29 is 19.0 Å². The fourth-order valence-corrected chi connectivity index (χ4v) is 4.64. The van der Waals surface area contributed by atoms with Crippen molar-refractivity contribution in [2.75, 3.05) is 19.8 Å². The molecule has 1 aromatic carbocycles. The van der Waals surface area contributed by atoms with Crippen LogP contribution < -0.4 is 14.8 Å². The lowest BCUT2D eigenvalue weighted by atomic mass is 9.77. The number of fused-ring (bicyclic) bond motifs is 1. The zero-order valence-corrected chi connectivity index (χ0v) is 19.8. The second-order valence-corrected chi connectivity index (χ2v) is 9.10. The SMILES string of the molecule is CCCCCCCC(=O)N[C@H](CC1CC(OCC)C1)C(=S)c1ccc2c(c1)OCCO2. The monoisotopic (exact) mass is 447 g/mol. The van der Waals surface area contributed by atoms with Crippen molar-refractivity contribution in [1.29, 1.82) is 0 Å². The molecule has 1 aromatic rings. The maximum atomic E-state index is 12.7. The number of hydrogen-bond acceptors (Lipinski definition) is 5. The van der Waals surface area contributed by atoms with Gasteiger partial charge < -0.3 is 19.5 Å². The average Bonchev–Trinajstić information content (AvgIpc) is 2.76. The quantitative estimate of drug-likeness (QED) is 0.255. The Morgan fingerprint density at radius 3 is 2.61 bits per heavy atom. The number of amides is 1. The van der Waals surface area contributed by atoms with Crippen LogP contribution in [0.15, 0.2) is 18.2 Å². The van der Waals surface area contributed by atoms with Crippen LogP contribution in [0.3, 0.4) is 0 Å². The van der Waals surface area contributed by atoms with E-state index in [0.717, 1.165) is 60.6 Å². The van der Waals surface area contributed by atoms with Crippen LogP contribution in [0.1, 0.15) is 77.2 Å². The highest BCUT2D eigenvalue weighted by Crippen LogP contribution is 2.35. The van der Waals surface area contributed by atoms with Gasteiger partial charge >= 0.3 is 0 Å². The van der Waals surface area contributed by atoms with E-state index >= 15 is 0 Å². The van der Waals surface area contributed by atoms with E-state index in [2.05, 4.69) is 12.2 Å². The second kappa shape index (κ2) is 12.4. The van der Waals surface area contributed by atoms with E-state index in [1.807, 2.05) is 25.1 Å². The molecule has 6 heteroatoms. The maximum absolute atomic E-state index is 12.7. The Kier molecular flexibility index (Phi) is 9.59. The van der Waals surface area contributed by atoms with Crippen molar-refractivity contribution in [1.82, 2.24) is 5.32 Å². The average molecular weight is 448 g/mol. The number of rotatable bonds is 13. The molecule has 1 N–H and O–H groups in total. The molecule has 0 bridgehead atoms. The van der Waals surface area contributed by atoms with Crippen LogP contribution in [0.5, 0.6) is 11.5 Å². The molecule has 0 aromatic heterocycles. The van der Waals surface area contributed by atoms with Crippen molar-refractivity contribution in [2.24, 2.45) is 5.92 Å². The summed E-state index contributed by atoms with van der Waals surface area (Å²) in [6.07, 6.45) is 9.55. The lowest BCUT2D eigenvalue weighted by molar-refractivity contribution is -0.121. The molecule has 2 aliphatic rings. The van der Waals surface area contributed by atoms with Gasteiger partial charge in [-0.3, -0.25) is 4.79 Å². The van der Waals surface area contributed by atoms with Crippen molar-refractivity contribution in [3.8, 4) is 11.5 Å². The molecule has 1 fully saturated rings. The van der Waals surface area contributed by atoms with Crippen LogP contribution in [0.4, 0.5) is 0 Å². The number of unbranched alkanes of at least 4 members (excludes halogenated alkanes) is 4. The van der Waals surface area contributed by atoms with Crippen LogP contribution >= 0.6 is 12.2 Å². The van der Waals surface area contributed by atoms with Gasteiger partial charge in [-0.25, -0.2) is 0 Å². The molecule has 1 heterocycles. The molecule has 1 atom stereocenters. The third-order valence-corrected chi connectivity index (χ3v) is 6.67. The highest BCUT2D eigenvalue weighted by molar-refractivity contribution is 7.81. The Bertz CT molecular complexity index is 732. The van der Waals surface area contributed by atoms with Crippen molar-refractivity contribution in [3.05, 3.63) is 23.8 Å². The summed E-state index contributed by atoms with van der Waals surface area (Å²) < 4.78 is 17.1. The van der Waals surface area contributed by atoms with Gasteiger partial charge in [-0.15, -0.1) is 0 Å². The lowest BCUT2D eigenvalue weighted by Gasteiger charge is -2.37. The molecule has 1 aliphatic heterocycles. The van der Waals surface area contributed by atoms with Crippen molar-refractivity contribution >= 4 is 23.0 Å². The molecule has 1 aliphatic carbocycles. The molecular weight excluding hydrogens is 410 g/mol. The number of hydrogen-bond donors (Lipinski definition) is 1. The van der Waals surface area contributed by atoms with Gasteiger partial charge in [0.05, 0.1) is 12.1 Å². The number of ether oxygens (including phenoxy) is 3. The third kappa shape index (κ3) is 7.18. The Hall–Kier alpha value is -1.66. The van der Waals surface area contributed by atoms with Crippen LogP contribution in [0, 0.1) is 5.92 Å². The molecule has 0 saturated heterocycles. The topological polar surface area (TPSA) is 56.8 Å². The minimum Gasteiger partial charge on any atom is -0.486 e. The van der Waals surface area contributed by atoms with Gasteiger partial charge in [-0.1, -0.05) is 44.8 Å². The molecule has 1 saturated carbocycles. The van der Waals surface area contributed by atoms with Crippen LogP contribution in [-0.4, -0.2) is 42.7 Å². The summed E-state index contributed by atoms with van der Waals surface area (Å²) in [7, 11) is 0. The number of nitrogens with one attached hydrogen (secondary N) is 1. The van der Waals surface area contributed by atoms with E-state index in [9.17, 15) is 4.79 Å². The van der Waals surface area contributed by atoms with Gasteiger partial charge in [0.25, 0.3) is 0 Å². The fourth-order valence-electron chi connectivity index (χ4n) is 4.36. The molecule has 0 unspecified atom stereocenters. The minimum absolute atomic E-state index is 0.0991. The molecule has 3 rings (SSSR count). The summed E-state index contributed by atoms with van der Waals surface area (Å²) in [6.45, 7) is 6.10. The predicted octanol–water partition coefficient (Wildman–Crippen LogP) is 5.23. The maximum Gasteiger partial charge on any atom is 0.220 e. The number of benzene rings is 1. The lowest BCUT2D eigenvalue weighted by Crippen LogP contribution is -2.44. The summed E-state index contributed by atoms with van der Waals surface area (Å²) in [4.78, 5) is 13.4. The van der Waals surface area contributed by atoms with Gasteiger partial charge in [0.15, 0.2) is 11.5 Å². The third-order valence-electron chi connectivity index (χ3n) is 6.15. The Balaban J connectivity index is 1.60. The molecular formula is C25H37NO4S. The molecule has 0 radical (unpaired) electrons. The highest BCUT2D eigenvalue weighted by atomic mass is 32.1. The van der Waals surface area contributed by atoms with Gasteiger partial charge in [-0.05, 0) is 62.3 Å². The summed E-state index contributed by atoms with van der Waals surface area (Å²) in [5.74, 6) is 2.11. The smallest absolute Gasteiger partial charge is 0.220 e. The second-order valence-electron chi connectivity index (χ2n) is 8.66. The summed E-state index contributed by atoms with van der Waals surface area (Å²) in [5, 5.41) is 3.24. The highest BCUT2D eigenvalue weighted by Gasteiger charge is 2.33. The Labute approximate surface area is 192 Å². The summed E-state index contributed by atoms with van der Waals surface area (Å²) in [5.41, 5.74) is 0.924. The van der Waals surface area contributed by atoms with Crippen LogP contribution in [0.25, 0.3) is 0 Å². The zero-order valence-electron chi connectivity index (χ0n) is 19.0. The molecule has 5 nitrogen and oxygen atoms in total. The van der Waals surface area contributed by atoms with E-state index in [4.69, 9.17) is 26.4 Å². The van der Waals surface area contributed by atoms with Crippen molar-refractivity contribution in [2.45, 2.75) is 83.8 Å². The zero-order chi connectivity index (χ0) is 22.1.